The molecule has 2 aromatic rings. The van der Waals surface area contributed by atoms with Crippen molar-refractivity contribution < 1.29 is 9.59 Å². The smallest absolute Gasteiger partial charge is 0.319 e. The van der Waals surface area contributed by atoms with Crippen LogP contribution in [0.2, 0.25) is 0 Å². The fraction of sp³-hybridized carbons (Fsp3) is 0.391. The summed E-state index contributed by atoms with van der Waals surface area (Å²) in [7, 11) is 0. The highest BCUT2D eigenvalue weighted by Crippen LogP contribution is 2.19. The first-order valence-corrected chi connectivity index (χ1v) is 10.3. The van der Waals surface area contributed by atoms with Crippen molar-refractivity contribution in [3.8, 4) is 0 Å². The minimum atomic E-state index is -0.208. The monoisotopic (exact) mass is 394 g/mol. The van der Waals surface area contributed by atoms with Crippen LogP contribution in [0.15, 0.2) is 54.6 Å². The second-order valence-electron chi connectivity index (χ2n) is 7.88. The molecule has 3 N–H and O–H groups in total. The summed E-state index contributed by atoms with van der Waals surface area (Å²) in [5, 5.41) is 8.79. The van der Waals surface area contributed by atoms with Crippen molar-refractivity contribution in [2.45, 2.75) is 32.7 Å². The number of carbonyl (C=O) groups is 2. The van der Waals surface area contributed by atoms with E-state index in [4.69, 9.17) is 0 Å². The summed E-state index contributed by atoms with van der Waals surface area (Å²) in [6, 6.07) is 17.3. The van der Waals surface area contributed by atoms with Crippen LogP contribution in [0, 0.1) is 5.92 Å². The van der Waals surface area contributed by atoms with Crippen molar-refractivity contribution in [2.75, 3.05) is 29.9 Å². The Hall–Kier alpha value is -3.02. The van der Waals surface area contributed by atoms with Crippen LogP contribution in [0.4, 0.5) is 16.2 Å². The van der Waals surface area contributed by atoms with Gasteiger partial charge in [0.05, 0.1) is 0 Å². The van der Waals surface area contributed by atoms with E-state index in [9.17, 15) is 9.59 Å². The topological polar surface area (TPSA) is 73.5 Å². The number of hydrogen-bond acceptors (Lipinski definition) is 3. The quantitative estimate of drug-likeness (QED) is 0.696. The number of benzene rings is 2. The SMILES string of the molecule is CC(C)CNC(=O)c1ccc(NC(=O)NC2CCN(c3ccccc3)CC2)cc1. The number of hydrogen-bond donors (Lipinski definition) is 3. The van der Waals surface area contributed by atoms with Crippen LogP contribution in [0.1, 0.15) is 37.0 Å². The highest BCUT2D eigenvalue weighted by Gasteiger charge is 2.20. The van der Waals surface area contributed by atoms with Crippen molar-refractivity contribution in [2.24, 2.45) is 5.92 Å². The number of anilines is 2. The number of carbonyl (C=O) groups excluding carboxylic acids is 2. The van der Waals surface area contributed by atoms with Gasteiger partial charge in [-0.15, -0.1) is 0 Å². The van der Waals surface area contributed by atoms with Gasteiger partial charge in [-0.25, -0.2) is 4.79 Å². The Labute approximate surface area is 172 Å². The minimum absolute atomic E-state index is 0.0973. The highest BCUT2D eigenvalue weighted by atomic mass is 16.2. The summed E-state index contributed by atoms with van der Waals surface area (Å²) in [6.07, 6.45) is 1.83. The van der Waals surface area contributed by atoms with Crippen molar-refractivity contribution in [3.63, 3.8) is 0 Å². The number of para-hydroxylation sites is 1. The molecular formula is C23H30N4O2. The maximum Gasteiger partial charge on any atom is 0.319 e. The molecule has 1 heterocycles. The van der Waals surface area contributed by atoms with E-state index in [1.165, 1.54) is 5.69 Å². The average Bonchev–Trinajstić information content (AvgIpc) is 2.73. The first kappa shape index (κ1) is 20.7. The van der Waals surface area contributed by atoms with Gasteiger partial charge in [-0.05, 0) is 55.2 Å². The molecular weight excluding hydrogens is 364 g/mol. The Morgan fingerprint density at radius 2 is 1.66 bits per heavy atom. The second kappa shape index (κ2) is 9.96. The number of piperidine rings is 1. The van der Waals surface area contributed by atoms with Gasteiger partial charge in [0.2, 0.25) is 0 Å². The zero-order valence-corrected chi connectivity index (χ0v) is 17.2. The van der Waals surface area contributed by atoms with Crippen LogP contribution in [-0.2, 0) is 0 Å². The van der Waals surface area contributed by atoms with E-state index in [0.29, 0.717) is 23.7 Å². The first-order chi connectivity index (χ1) is 14.0. The van der Waals surface area contributed by atoms with Gasteiger partial charge in [-0.3, -0.25) is 4.79 Å². The van der Waals surface area contributed by atoms with E-state index in [0.717, 1.165) is 25.9 Å². The van der Waals surface area contributed by atoms with Crippen molar-refractivity contribution in [1.82, 2.24) is 10.6 Å². The molecule has 6 nitrogen and oxygen atoms in total. The predicted octanol–water partition coefficient (Wildman–Crippen LogP) is 3.86. The molecule has 6 heteroatoms. The van der Waals surface area contributed by atoms with Gasteiger partial charge in [0.15, 0.2) is 0 Å². The lowest BCUT2D eigenvalue weighted by atomic mass is 10.0. The largest absolute Gasteiger partial charge is 0.371 e. The van der Waals surface area contributed by atoms with Crippen LogP contribution in [0.3, 0.4) is 0 Å². The maximum absolute atomic E-state index is 12.3. The molecule has 0 atom stereocenters. The molecule has 0 radical (unpaired) electrons. The average molecular weight is 395 g/mol. The summed E-state index contributed by atoms with van der Waals surface area (Å²) < 4.78 is 0. The standard InChI is InChI=1S/C23H30N4O2/c1-17(2)16-24-22(28)18-8-10-19(11-9-18)25-23(29)26-20-12-14-27(15-13-20)21-6-4-3-5-7-21/h3-11,17,20H,12-16H2,1-2H3,(H,24,28)(H2,25,26,29). The molecule has 0 spiro atoms. The predicted molar refractivity (Wildman–Crippen MR) is 117 cm³/mol. The molecule has 29 heavy (non-hydrogen) atoms. The van der Waals surface area contributed by atoms with Crippen LogP contribution in [0.25, 0.3) is 0 Å². The molecule has 3 rings (SSSR count). The maximum atomic E-state index is 12.3. The van der Waals surface area contributed by atoms with Crippen LogP contribution >= 0.6 is 0 Å². The Bertz CT molecular complexity index is 797. The lowest BCUT2D eigenvalue weighted by molar-refractivity contribution is 0.0949. The number of nitrogens with zero attached hydrogens (tertiary/aromatic N) is 1. The normalized spacial score (nSPS) is 14.5. The summed E-state index contributed by atoms with van der Waals surface area (Å²) in [5.74, 6) is 0.308. The molecule has 2 aromatic carbocycles. The van der Waals surface area contributed by atoms with Gasteiger partial charge >= 0.3 is 6.03 Å². The van der Waals surface area contributed by atoms with Crippen LogP contribution < -0.4 is 20.9 Å². The number of nitrogens with one attached hydrogen (secondary N) is 3. The molecule has 0 saturated carbocycles. The molecule has 0 aromatic heterocycles. The van der Waals surface area contributed by atoms with Crippen LogP contribution in [0.5, 0.6) is 0 Å². The van der Waals surface area contributed by atoms with E-state index in [2.05, 4.69) is 46.8 Å². The van der Waals surface area contributed by atoms with Gasteiger partial charge < -0.3 is 20.9 Å². The number of urea groups is 1. The molecule has 1 fully saturated rings. The number of amides is 3. The zero-order valence-electron chi connectivity index (χ0n) is 17.2. The van der Waals surface area contributed by atoms with Gasteiger partial charge in [0, 0.05) is 42.6 Å². The molecule has 1 aliphatic heterocycles. The zero-order chi connectivity index (χ0) is 20.6. The van der Waals surface area contributed by atoms with Crippen molar-refractivity contribution in [3.05, 3.63) is 60.2 Å². The van der Waals surface area contributed by atoms with Gasteiger partial charge in [0.25, 0.3) is 5.91 Å². The van der Waals surface area contributed by atoms with Gasteiger partial charge in [-0.2, -0.15) is 0 Å². The van der Waals surface area contributed by atoms with Crippen LogP contribution in [-0.4, -0.2) is 37.6 Å². The van der Waals surface area contributed by atoms with Gasteiger partial charge in [-0.1, -0.05) is 32.0 Å². The Morgan fingerprint density at radius 3 is 2.28 bits per heavy atom. The summed E-state index contributed by atoms with van der Waals surface area (Å²) >= 11 is 0. The molecule has 1 saturated heterocycles. The lowest BCUT2D eigenvalue weighted by Gasteiger charge is -2.33. The number of rotatable bonds is 6. The Kier molecular flexibility index (Phi) is 7.11. The minimum Gasteiger partial charge on any atom is -0.371 e. The van der Waals surface area contributed by atoms with Crippen molar-refractivity contribution in [1.29, 1.82) is 0 Å². The van der Waals surface area contributed by atoms with E-state index < -0.39 is 0 Å². The Morgan fingerprint density at radius 1 is 1.00 bits per heavy atom. The second-order valence-corrected chi connectivity index (χ2v) is 7.88. The highest BCUT2D eigenvalue weighted by molar-refractivity contribution is 5.95. The fourth-order valence-electron chi connectivity index (χ4n) is 3.38. The molecule has 3 amide bonds. The van der Waals surface area contributed by atoms with E-state index in [1.807, 2.05) is 18.2 Å². The van der Waals surface area contributed by atoms with E-state index >= 15 is 0 Å². The molecule has 0 aliphatic carbocycles. The van der Waals surface area contributed by atoms with Crippen molar-refractivity contribution >= 4 is 23.3 Å². The summed E-state index contributed by atoms with van der Waals surface area (Å²) in [5.41, 5.74) is 2.49. The summed E-state index contributed by atoms with van der Waals surface area (Å²) in [4.78, 5) is 26.7. The lowest BCUT2D eigenvalue weighted by Crippen LogP contribution is -2.46. The third kappa shape index (κ3) is 6.24. The molecule has 0 bridgehead atoms. The van der Waals surface area contributed by atoms with E-state index in [1.54, 1.807) is 24.3 Å². The molecule has 0 unspecified atom stereocenters. The Balaban J connectivity index is 1.43. The van der Waals surface area contributed by atoms with Gasteiger partial charge in [0.1, 0.15) is 0 Å². The first-order valence-electron chi connectivity index (χ1n) is 10.3. The molecule has 1 aliphatic rings. The summed E-state index contributed by atoms with van der Waals surface area (Å²) in [6.45, 7) is 6.60. The molecule has 154 valence electrons. The third-order valence-corrected chi connectivity index (χ3v) is 5.03. The third-order valence-electron chi connectivity index (χ3n) is 5.03. The van der Waals surface area contributed by atoms with E-state index in [-0.39, 0.29) is 18.0 Å². The fourth-order valence-corrected chi connectivity index (χ4v) is 3.38.